The lowest BCUT2D eigenvalue weighted by Crippen LogP contribution is -2.09. The highest BCUT2D eigenvalue weighted by molar-refractivity contribution is 5.85. The Hall–Kier alpha value is -0.990. The highest BCUT2D eigenvalue weighted by atomic mass is 35.5. The van der Waals surface area contributed by atoms with Crippen LogP contribution in [0.2, 0.25) is 0 Å². The van der Waals surface area contributed by atoms with Crippen LogP contribution in [0.15, 0.2) is 24.3 Å². The number of nitrogens with one attached hydrogen (secondary N) is 1. The summed E-state index contributed by atoms with van der Waals surface area (Å²) in [5.74, 6) is 0. The Morgan fingerprint density at radius 1 is 1.33 bits per heavy atom. The maximum Gasteiger partial charge on any atom is 0.0459 e. The molecular formula is C12H17ClN2. The van der Waals surface area contributed by atoms with Crippen LogP contribution in [0.5, 0.6) is 0 Å². The van der Waals surface area contributed by atoms with E-state index in [0.29, 0.717) is 0 Å². The first-order valence-electron chi connectivity index (χ1n) is 5.06. The molecule has 0 amide bonds. The molecule has 0 radical (unpaired) electrons. The first-order chi connectivity index (χ1) is 6.74. The Labute approximate surface area is 96.3 Å². The van der Waals surface area contributed by atoms with Gasteiger partial charge in [0.2, 0.25) is 0 Å². The van der Waals surface area contributed by atoms with Gasteiger partial charge in [-0.05, 0) is 25.0 Å². The molecule has 2 aromatic rings. The van der Waals surface area contributed by atoms with E-state index in [4.69, 9.17) is 5.73 Å². The van der Waals surface area contributed by atoms with E-state index in [-0.39, 0.29) is 18.4 Å². The lowest BCUT2D eigenvalue weighted by molar-refractivity contribution is 0.699. The average molecular weight is 225 g/mol. The second-order valence-corrected chi connectivity index (χ2v) is 3.72. The van der Waals surface area contributed by atoms with E-state index in [1.54, 1.807) is 0 Å². The Bertz CT molecular complexity index is 448. The number of H-pyrrole nitrogens is 1. The molecule has 1 atom stereocenters. The maximum atomic E-state index is 6.09. The molecular weight excluding hydrogens is 208 g/mol. The molecule has 1 aromatic heterocycles. The smallest absolute Gasteiger partial charge is 0.0459 e. The van der Waals surface area contributed by atoms with Gasteiger partial charge < -0.3 is 10.7 Å². The average Bonchev–Trinajstić information content (AvgIpc) is 2.53. The summed E-state index contributed by atoms with van der Waals surface area (Å²) in [5.41, 5.74) is 9.73. The molecule has 0 bridgehead atoms. The zero-order chi connectivity index (χ0) is 10.1. The van der Waals surface area contributed by atoms with Gasteiger partial charge in [-0.2, -0.15) is 0 Å². The van der Waals surface area contributed by atoms with E-state index >= 15 is 0 Å². The zero-order valence-electron chi connectivity index (χ0n) is 9.08. The van der Waals surface area contributed by atoms with Crippen LogP contribution in [-0.2, 0) is 0 Å². The van der Waals surface area contributed by atoms with Gasteiger partial charge in [-0.15, -0.1) is 12.4 Å². The Morgan fingerprint density at radius 3 is 2.67 bits per heavy atom. The van der Waals surface area contributed by atoms with Crippen molar-refractivity contribution in [3.8, 4) is 0 Å². The van der Waals surface area contributed by atoms with Crippen molar-refractivity contribution in [2.24, 2.45) is 5.73 Å². The standard InChI is InChI=1S/C12H16N2.ClH/c1-3-10(13)12-8(2)14-11-7-5-4-6-9(11)12;/h4-7,10,14H,3,13H2,1-2H3;1H/t10-;/m0./s1. The zero-order valence-corrected chi connectivity index (χ0v) is 9.90. The predicted molar refractivity (Wildman–Crippen MR) is 67.5 cm³/mol. The molecule has 0 saturated carbocycles. The van der Waals surface area contributed by atoms with Gasteiger partial charge in [-0.25, -0.2) is 0 Å². The molecule has 0 saturated heterocycles. The lowest BCUT2D eigenvalue weighted by atomic mass is 10.0. The Kier molecular flexibility index (Phi) is 3.77. The van der Waals surface area contributed by atoms with Gasteiger partial charge in [-0.3, -0.25) is 0 Å². The van der Waals surface area contributed by atoms with E-state index in [0.717, 1.165) is 6.42 Å². The summed E-state index contributed by atoms with van der Waals surface area (Å²) in [6, 6.07) is 8.46. The van der Waals surface area contributed by atoms with Gasteiger partial charge >= 0.3 is 0 Å². The maximum absolute atomic E-state index is 6.09. The minimum absolute atomic E-state index is 0. The number of rotatable bonds is 2. The number of para-hydroxylation sites is 1. The molecule has 2 rings (SSSR count). The molecule has 0 unspecified atom stereocenters. The number of hydrogen-bond acceptors (Lipinski definition) is 1. The van der Waals surface area contributed by atoms with Gasteiger partial charge in [0, 0.05) is 22.6 Å². The van der Waals surface area contributed by atoms with Crippen LogP contribution in [0.1, 0.15) is 30.6 Å². The second-order valence-electron chi connectivity index (χ2n) is 3.72. The van der Waals surface area contributed by atoms with Crippen LogP contribution in [0.25, 0.3) is 10.9 Å². The first kappa shape index (κ1) is 12.1. The van der Waals surface area contributed by atoms with Crippen molar-refractivity contribution in [1.29, 1.82) is 0 Å². The normalized spacial score (nSPS) is 12.5. The fraction of sp³-hybridized carbons (Fsp3) is 0.333. The summed E-state index contributed by atoms with van der Waals surface area (Å²) in [6.45, 7) is 4.21. The number of benzene rings is 1. The van der Waals surface area contributed by atoms with Gasteiger partial charge in [0.1, 0.15) is 0 Å². The predicted octanol–water partition coefficient (Wildman–Crippen LogP) is 3.31. The monoisotopic (exact) mass is 224 g/mol. The summed E-state index contributed by atoms with van der Waals surface area (Å²) in [5, 5.41) is 1.26. The molecule has 0 aliphatic rings. The van der Waals surface area contributed by atoms with Gasteiger partial charge in [0.25, 0.3) is 0 Å². The van der Waals surface area contributed by atoms with Crippen molar-refractivity contribution >= 4 is 23.3 Å². The molecule has 3 heteroatoms. The van der Waals surface area contributed by atoms with Crippen molar-refractivity contribution in [3.63, 3.8) is 0 Å². The highest BCUT2D eigenvalue weighted by Gasteiger charge is 2.12. The van der Waals surface area contributed by atoms with Crippen LogP contribution in [-0.4, -0.2) is 4.98 Å². The van der Waals surface area contributed by atoms with E-state index in [1.165, 1.54) is 22.2 Å². The van der Waals surface area contributed by atoms with Crippen molar-refractivity contribution in [1.82, 2.24) is 4.98 Å². The molecule has 2 nitrogen and oxygen atoms in total. The Balaban J connectivity index is 0.00000112. The molecule has 3 N–H and O–H groups in total. The number of halogens is 1. The molecule has 0 aliphatic heterocycles. The van der Waals surface area contributed by atoms with Gasteiger partial charge in [-0.1, -0.05) is 25.1 Å². The van der Waals surface area contributed by atoms with Crippen molar-refractivity contribution < 1.29 is 0 Å². The van der Waals surface area contributed by atoms with Crippen LogP contribution >= 0.6 is 12.4 Å². The number of hydrogen-bond donors (Lipinski definition) is 2. The quantitative estimate of drug-likeness (QED) is 0.808. The van der Waals surface area contributed by atoms with Crippen LogP contribution < -0.4 is 5.73 Å². The van der Waals surface area contributed by atoms with Crippen LogP contribution in [0.4, 0.5) is 0 Å². The number of nitrogens with two attached hydrogens (primary N) is 1. The third-order valence-electron chi connectivity index (χ3n) is 2.75. The SMILES string of the molecule is CC[C@H](N)c1c(C)[nH]c2ccccc12.Cl. The second kappa shape index (κ2) is 4.69. The fourth-order valence-electron chi connectivity index (χ4n) is 1.98. The topological polar surface area (TPSA) is 41.8 Å². The summed E-state index contributed by atoms with van der Waals surface area (Å²) in [4.78, 5) is 3.36. The molecule has 15 heavy (non-hydrogen) atoms. The van der Waals surface area contributed by atoms with Crippen LogP contribution in [0.3, 0.4) is 0 Å². The van der Waals surface area contributed by atoms with Crippen molar-refractivity contribution in [3.05, 3.63) is 35.5 Å². The minimum atomic E-state index is 0. The third kappa shape index (κ3) is 2.01. The number of aryl methyl sites for hydroxylation is 1. The van der Waals surface area contributed by atoms with Crippen molar-refractivity contribution in [2.75, 3.05) is 0 Å². The van der Waals surface area contributed by atoms with Gasteiger partial charge in [0.05, 0.1) is 0 Å². The van der Waals surface area contributed by atoms with E-state index in [1.807, 2.05) is 6.07 Å². The van der Waals surface area contributed by atoms with E-state index in [9.17, 15) is 0 Å². The number of aromatic amines is 1. The lowest BCUT2D eigenvalue weighted by Gasteiger charge is -2.08. The Morgan fingerprint density at radius 2 is 2.00 bits per heavy atom. The van der Waals surface area contributed by atoms with E-state index < -0.39 is 0 Å². The van der Waals surface area contributed by atoms with Crippen LogP contribution in [0, 0.1) is 6.92 Å². The number of fused-ring (bicyclic) bond motifs is 1. The summed E-state index contributed by atoms with van der Waals surface area (Å²) < 4.78 is 0. The minimum Gasteiger partial charge on any atom is -0.358 e. The molecule has 0 aliphatic carbocycles. The highest BCUT2D eigenvalue weighted by Crippen LogP contribution is 2.27. The molecule has 1 heterocycles. The molecule has 0 fully saturated rings. The number of aromatic nitrogens is 1. The third-order valence-corrected chi connectivity index (χ3v) is 2.75. The van der Waals surface area contributed by atoms with Gasteiger partial charge in [0.15, 0.2) is 0 Å². The summed E-state index contributed by atoms with van der Waals surface area (Å²) in [6.07, 6.45) is 0.975. The summed E-state index contributed by atoms with van der Waals surface area (Å²) in [7, 11) is 0. The van der Waals surface area contributed by atoms with E-state index in [2.05, 4.69) is 37.0 Å². The summed E-state index contributed by atoms with van der Waals surface area (Å²) >= 11 is 0. The van der Waals surface area contributed by atoms with Crippen molar-refractivity contribution in [2.45, 2.75) is 26.3 Å². The fourth-order valence-corrected chi connectivity index (χ4v) is 1.98. The molecule has 1 aromatic carbocycles. The molecule has 82 valence electrons. The largest absolute Gasteiger partial charge is 0.358 e. The first-order valence-corrected chi connectivity index (χ1v) is 5.06. The molecule has 0 spiro atoms.